The average Bonchev–Trinajstić information content (AvgIpc) is 2.65. The van der Waals surface area contributed by atoms with E-state index in [1.807, 2.05) is 62.4 Å². The molecular formula is C20H19N3O3. The van der Waals surface area contributed by atoms with E-state index in [4.69, 9.17) is 4.74 Å². The second kappa shape index (κ2) is 7.65. The molecule has 0 unspecified atom stereocenters. The molecule has 0 atom stereocenters. The first-order valence-corrected chi connectivity index (χ1v) is 8.29. The van der Waals surface area contributed by atoms with E-state index in [2.05, 4.69) is 10.4 Å². The van der Waals surface area contributed by atoms with Gasteiger partial charge in [0.1, 0.15) is 0 Å². The molecule has 0 aliphatic rings. The molecule has 1 N–H and O–H groups in total. The Bertz CT molecular complexity index is 981. The zero-order valence-corrected chi connectivity index (χ0v) is 14.6. The molecule has 1 aromatic heterocycles. The summed E-state index contributed by atoms with van der Waals surface area (Å²) >= 11 is 0. The number of rotatable bonds is 5. The van der Waals surface area contributed by atoms with Crippen LogP contribution >= 0.6 is 0 Å². The third-order valence-corrected chi connectivity index (χ3v) is 3.80. The molecule has 6 nitrogen and oxygen atoms in total. The van der Waals surface area contributed by atoms with Crippen molar-refractivity contribution in [1.82, 2.24) is 9.78 Å². The molecule has 2 aromatic carbocycles. The zero-order chi connectivity index (χ0) is 18.5. The number of nitrogens with one attached hydrogen (secondary N) is 1. The van der Waals surface area contributed by atoms with Gasteiger partial charge in [-0.25, -0.2) is 4.68 Å². The molecule has 0 bridgehead atoms. The summed E-state index contributed by atoms with van der Waals surface area (Å²) in [5.41, 5.74) is 1.54. The molecule has 3 aromatic rings. The molecule has 0 saturated heterocycles. The van der Waals surface area contributed by atoms with Crippen molar-refractivity contribution in [2.75, 3.05) is 11.9 Å². The lowest BCUT2D eigenvalue weighted by Crippen LogP contribution is -2.27. The van der Waals surface area contributed by atoms with Crippen molar-refractivity contribution in [1.29, 1.82) is 0 Å². The Morgan fingerprint density at radius 2 is 1.81 bits per heavy atom. The lowest BCUT2D eigenvalue weighted by molar-refractivity contribution is 0.101. The number of ether oxygens (including phenoxy) is 1. The Balaban J connectivity index is 2.03. The van der Waals surface area contributed by atoms with Crippen LogP contribution in [0.2, 0.25) is 0 Å². The molecule has 0 saturated carbocycles. The SMILES string of the molecule is CCOc1cc(=O)c(C(=O)Nc2ccccc2C)nn1-c1ccccc1. The molecule has 0 aliphatic heterocycles. The van der Waals surface area contributed by atoms with Crippen LogP contribution in [0, 0.1) is 6.92 Å². The van der Waals surface area contributed by atoms with Crippen molar-refractivity contribution in [3.63, 3.8) is 0 Å². The fourth-order valence-corrected chi connectivity index (χ4v) is 2.50. The number of anilines is 1. The zero-order valence-electron chi connectivity index (χ0n) is 14.6. The molecule has 1 amide bonds. The number of nitrogens with zero attached hydrogens (tertiary/aromatic N) is 2. The summed E-state index contributed by atoms with van der Waals surface area (Å²) in [6, 6.07) is 17.8. The summed E-state index contributed by atoms with van der Waals surface area (Å²) in [6.45, 7) is 4.07. The van der Waals surface area contributed by atoms with E-state index >= 15 is 0 Å². The summed E-state index contributed by atoms with van der Waals surface area (Å²) in [6.07, 6.45) is 0. The highest BCUT2D eigenvalue weighted by Crippen LogP contribution is 2.17. The van der Waals surface area contributed by atoms with E-state index < -0.39 is 11.3 Å². The highest BCUT2D eigenvalue weighted by atomic mass is 16.5. The van der Waals surface area contributed by atoms with Crippen LogP contribution in [0.25, 0.3) is 5.69 Å². The van der Waals surface area contributed by atoms with Crippen LogP contribution in [0.3, 0.4) is 0 Å². The summed E-state index contributed by atoms with van der Waals surface area (Å²) in [7, 11) is 0. The Morgan fingerprint density at radius 3 is 2.50 bits per heavy atom. The van der Waals surface area contributed by atoms with Crippen LogP contribution in [-0.2, 0) is 0 Å². The van der Waals surface area contributed by atoms with Crippen LogP contribution < -0.4 is 15.5 Å². The van der Waals surface area contributed by atoms with Gasteiger partial charge in [0, 0.05) is 5.69 Å². The molecule has 0 fully saturated rings. The molecule has 0 radical (unpaired) electrons. The summed E-state index contributed by atoms with van der Waals surface area (Å²) in [5.74, 6) is -0.270. The number of aryl methyl sites for hydroxylation is 1. The number of para-hydroxylation sites is 2. The maximum Gasteiger partial charge on any atom is 0.280 e. The van der Waals surface area contributed by atoms with Crippen LogP contribution in [0.5, 0.6) is 5.88 Å². The topological polar surface area (TPSA) is 73.2 Å². The smallest absolute Gasteiger partial charge is 0.280 e. The van der Waals surface area contributed by atoms with Gasteiger partial charge in [0.15, 0.2) is 5.69 Å². The number of carbonyl (C=O) groups excluding carboxylic acids is 1. The van der Waals surface area contributed by atoms with Gasteiger partial charge in [0.25, 0.3) is 5.91 Å². The van der Waals surface area contributed by atoms with Gasteiger partial charge < -0.3 is 10.1 Å². The van der Waals surface area contributed by atoms with E-state index in [-0.39, 0.29) is 11.6 Å². The van der Waals surface area contributed by atoms with E-state index in [0.717, 1.165) is 5.56 Å². The largest absolute Gasteiger partial charge is 0.478 e. The van der Waals surface area contributed by atoms with Crippen molar-refractivity contribution in [2.45, 2.75) is 13.8 Å². The minimum atomic E-state index is -0.558. The minimum Gasteiger partial charge on any atom is -0.478 e. The first kappa shape index (κ1) is 17.4. The van der Waals surface area contributed by atoms with E-state index in [9.17, 15) is 9.59 Å². The number of amides is 1. The third-order valence-electron chi connectivity index (χ3n) is 3.80. The number of hydrogen-bond donors (Lipinski definition) is 1. The van der Waals surface area contributed by atoms with Crippen LogP contribution in [0.4, 0.5) is 5.69 Å². The monoisotopic (exact) mass is 349 g/mol. The van der Waals surface area contributed by atoms with Gasteiger partial charge in [0.2, 0.25) is 11.3 Å². The molecule has 0 spiro atoms. The van der Waals surface area contributed by atoms with Gasteiger partial charge >= 0.3 is 0 Å². The maximum atomic E-state index is 12.6. The van der Waals surface area contributed by atoms with Crippen molar-refractivity contribution in [3.8, 4) is 11.6 Å². The molecule has 132 valence electrons. The molecule has 3 rings (SSSR count). The fourth-order valence-electron chi connectivity index (χ4n) is 2.50. The predicted molar refractivity (Wildman–Crippen MR) is 100 cm³/mol. The quantitative estimate of drug-likeness (QED) is 0.768. The summed E-state index contributed by atoms with van der Waals surface area (Å²) in [4.78, 5) is 25.0. The minimum absolute atomic E-state index is 0.194. The van der Waals surface area contributed by atoms with Gasteiger partial charge in [-0.15, -0.1) is 0 Å². The Hall–Kier alpha value is -3.41. The van der Waals surface area contributed by atoms with Gasteiger partial charge in [-0.05, 0) is 37.6 Å². The summed E-state index contributed by atoms with van der Waals surface area (Å²) in [5, 5.41) is 7.00. The molecular weight excluding hydrogens is 330 g/mol. The van der Waals surface area contributed by atoms with Crippen LogP contribution in [-0.4, -0.2) is 22.3 Å². The van der Waals surface area contributed by atoms with Gasteiger partial charge in [0.05, 0.1) is 18.4 Å². The molecule has 0 aliphatic carbocycles. The Morgan fingerprint density at radius 1 is 1.12 bits per heavy atom. The standard InChI is InChI=1S/C20H19N3O3/c1-3-26-18-13-17(24)19(22-23(18)15-10-5-4-6-11-15)20(25)21-16-12-8-7-9-14(16)2/h4-13H,3H2,1-2H3,(H,21,25). The number of aromatic nitrogens is 2. The highest BCUT2D eigenvalue weighted by Gasteiger charge is 2.18. The second-order valence-electron chi connectivity index (χ2n) is 5.64. The summed E-state index contributed by atoms with van der Waals surface area (Å²) < 4.78 is 6.97. The van der Waals surface area contributed by atoms with Crippen molar-refractivity contribution in [2.24, 2.45) is 0 Å². The number of hydrogen-bond acceptors (Lipinski definition) is 4. The van der Waals surface area contributed by atoms with Crippen molar-refractivity contribution >= 4 is 11.6 Å². The van der Waals surface area contributed by atoms with E-state index in [1.165, 1.54) is 10.7 Å². The molecule has 6 heteroatoms. The highest BCUT2D eigenvalue weighted by molar-refractivity contribution is 6.03. The first-order valence-electron chi connectivity index (χ1n) is 8.29. The number of benzene rings is 2. The van der Waals surface area contributed by atoms with Gasteiger partial charge in [-0.1, -0.05) is 36.4 Å². The Labute approximate surface area is 151 Å². The predicted octanol–water partition coefficient (Wildman–Crippen LogP) is 3.19. The maximum absolute atomic E-state index is 12.6. The normalized spacial score (nSPS) is 10.4. The lowest BCUT2D eigenvalue weighted by Gasteiger charge is -2.14. The third kappa shape index (κ3) is 3.64. The van der Waals surface area contributed by atoms with Crippen LogP contribution in [0.1, 0.15) is 23.0 Å². The second-order valence-corrected chi connectivity index (χ2v) is 5.64. The van der Waals surface area contributed by atoms with Gasteiger partial charge in [-0.3, -0.25) is 9.59 Å². The van der Waals surface area contributed by atoms with Crippen molar-refractivity contribution < 1.29 is 9.53 Å². The van der Waals surface area contributed by atoms with Crippen molar-refractivity contribution in [3.05, 3.63) is 82.1 Å². The van der Waals surface area contributed by atoms with E-state index in [1.54, 1.807) is 6.07 Å². The van der Waals surface area contributed by atoms with Crippen LogP contribution in [0.15, 0.2) is 65.5 Å². The first-order chi connectivity index (χ1) is 12.6. The Kier molecular flexibility index (Phi) is 5.12. The lowest BCUT2D eigenvalue weighted by atomic mass is 10.2. The fraction of sp³-hybridized carbons (Fsp3) is 0.150. The molecule has 1 heterocycles. The van der Waals surface area contributed by atoms with Gasteiger partial charge in [-0.2, -0.15) is 5.10 Å². The van der Waals surface area contributed by atoms with E-state index in [0.29, 0.717) is 18.0 Å². The average molecular weight is 349 g/mol. The molecule has 26 heavy (non-hydrogen) atoms. The number of carbonyl (C=O) groups is 1.